The molecule has 2 rings (SSSR count). The van der Waals surface area contributed by atoms with Crippen LogP contribution in [0.1, 0.15) is 31.9 Å². The molecule has 100 valence electrons. The number of nitrogens with zero attached hydrogens (tertiary/aromatic N) is 2. The zero-order valence-electron chi connectivity index (χ0n) is 11.1. The lowest BCUT2D eigenvalue weighted by Crippen LogP contribution is -2.38. The summed E-state index contributed by atoms with van der Waals surface area (Å²) in [4.78, 5) is 13.9. The molecular formula is C13H21N3O2. The van der Waals surface area contributed by atoms with E-state index in [-0.39, 0.29) is 5.91 Å². The van der Waals surface area contributed by atoms with Crippen molar-refractivity contribution in [1.29, 1.82) is 0 Å². The van der Waals surface area contributed by atoms with Crippen LogP contribution >= 0.6 is 0 Å². The fourth-order valence-corrected chi connectivity index (χ4v) is 2.16. The van der Waals surface area contributed by atoms with E-state index in [1.165, 1.54) is 0 Å². The third-order valence-corrected chi connectivity index (χ3v) is 3.41. The lowest BCUT2D eigenvalue weighted by molar-refractivity contribution is -0.132. The minimum absolute atomic E-state index is 0.231. The van der Waals surface area contributed by atoms with Gasteiger partial charge in [-0.3, -0.25) is 4.79 Å². The number of amides is 1. The van der Waals surface area contributed by atoms with E-state index in [2.05, 4.69) is 17.4 Å². The monoisotopic (exact) mass is 251 g/mol. The number of aromatic nitrogens is 1. The van der Waals surface area contributed by atoms with Crippen molar-refractivity contribution in [2.75, 3.05) is 25.0 Å². The van der Waals surface area contributed by atoms with Crippen LogP contribution in [0, 0.1) is 12.8 Å². The number of hydrogen-bond donors (Lipinski definition) is 1. The lowest BCUT2D eigenvalue weighted by Gasteiger charge is -2.30. The molecule has 0 aliphatic carbocycles. The molecule has 0 bridgehead atoms. The van der Waals surface area contributed by atoms with Crippen molar-refractivity contribution < 1.29 is 9.32 Å². The van der Waals surface area contributed by atoms with E-state index < -0.39 is 0 Å². The molecule has 1 fully saturated rings. The Labute approximate surface area is 108 Å². The molecule has 1 aromatic rings. The molecule has 0 unspecified atom stereocenters. The number of hydrogen-bond acceptors (Lipinski definition) is 4. The maximum atomic E-state index is 11.9. The fourth-order valence-electron chi connectivity index (χ4n) is 2.16. The molecule has 1 aromatic heterocycles. The van der Waals surface area contributed by atoms with E-state index in [1.54, 1.807) is 0 Å². The maximum Gasteiger partial charge on any atom is 0.224 e. The van der Waals surface area contributed by atoms with Crippen LogP contribution in [0.2, 0.25) is 0 Å². The Bertz CT molecular complexity index is 395. The van der Waals surface area contributed by atoms with Gasteiger partial charge in [0, 0.05) is 32.1 Å². The zero-order valence-corrected chi connectivity index (χ0v) is 11.1. The minimum atomic E-state index is 0.231. The first kappa shape index (κ1) is 12.9. The van der Waals surface area contributed by atoms with E-state index in [4.69, 9.17) is 4.52 Å². The Morgan fingerprint density at radius 1 is 1.56 bits per heavy atom. The lowest BCUT2D eigenvalue weighted by atomic mass is 9.99. The van der Waals surface area contributed by atoms with Crippen LogP contribution in [0.25, 0.3) is 0 Å². The molecule has 0 saturated carbocycles. The molecule has 18 heavy (non-hydrogen) atoms. The van der Waals surface area contributed by atoms with Gasteiger partial charge in [-0.25, -0.2) is 0 Å². The van der Waals surface area contributed by atoms with Gasteiger partial charge in [0.15, 0.2) is 5.82 Å². The average Bonchev–Trinajstić information content (AvgIpc) is 2.76. The number of carbonyl (C=O) groups is 1. The highest BCUT2D eigenvalue weighted by Gasteiger charge is 2.19. The van der Waals surface area contributed by atoms with Crippen molar-refractivity contribution in [2.24, 2.45) is 5.92 Å². The molecule has 0 aromatic carbocycles. The first-order chi connectivity index (χ1) is 8.65. The quantitative estimate of drug-likeness (QED) is 0.889. The highest BCUT2D eigenvalue weighted by molar-refractivity contribution is 5.76. The molecule has 1 saturated heterocycles. The second-order valence-corrected chi connectivity index (χ2v) is 5.06. The first-order valence-corrected chi connectivity index (χ1v) is 6.60. The second-order valence-electron chi connectivity index (χ2n) is 5.06. The topological polar surface area (TPSA) is 58.4 Å². The Kier molecular flexibility index (Phi) is 4.23. The summed E-state index contributed by atoms with van der Waals surface area (Å²) in [7, 11) is 0. The third kappa shape index (κ3) is 3.48. The van der Waals surface area contributed by atoms with Gasteiger partial charge in [0.25, 0.3) is 0 Å². The van der Waals surface area contributed by atoms with Gasteiger partial charge in [-0.05, 0) is 25.7 Å². The number of rotatable bonds is 4. The number of nitrogens with one attached hydrogen (secondary N) is 1. The maximum absolute atomic E-state index is 11.9. The average molecular weight is 251 g/mol. The van der Waals surface area contributed by atoms with E-state index >= 15 is 0 Å². The van der Waals surface area contributed by atoms with Gasteiger partial charge >= 0.3 is 0 Å². The van der Waals surface area contributed by atoms with Crippen LogP contribution in [-0.4, -0.2) is 35.6 Å². The smallest absolute Gasteiger partial charge is 0.224 e. The van der Waals surface area contributed by atoms with E-state index in [0.29, 0.717) is 18.8 Å². The SMILES string of the molecule is Cc1cc(NCCC(=O)N2CCC(C)CC2)no1. The molecule has 0 spiro atoms. The molecule has 0 atom stereocenters. The molecule has 1 aliphatic heterocycles. The second kappa shape index (κ2) is 5.89. The van der Waals surface area contributed by atoms with Crippen molar-refractivity contribution in [3.63, 3.8) is 0 Å². The third-order valence-electron chi connectivity index (χ3n) is 3.41. The normalized spacial score (nSPS) is 16.9. The predicted octanol–water partition coefficient (Wildman–Crippen LogP) is 2.04. The van der Waals surface area contributed by atoms with Crippen LogP contribution in [0.3, 0.4) is 0 Å². The summed E-state index contributed by atoms with van der Waals surface area (Å²) in [5.74, 6) is 2.46. The van der Waals surface area contributed by atoms with Gasteiger partial charge < -0.3 is 14.7 Å². The summed E-state index contributed by atoms with van der Waals surface area (Å²) >= 11 is 0. The molecule has 1 amide bonds. The number of anilines is 1. The Morgan fingerprint density at radius 2 is 2.28 bits per heavy atom. The number of likely N-dealkylation sites (tertiary alicyclic amines) is 1. The largest absolute Gasteiger partial charge is 0.367 e. The van der Waals surface area contributed by atoms with Crippen LogP contribution in [0.15, 0.2) is 10.6 Å². The summed E-state index contributed by atoms with van der Waals surface area (Å²) in [6.45, 7) is 6.51. The van der Waals surface area contributed by atoms with Gasteiger partial charge in [0.05, 0.1) is 0 Å². The molecule has 1 N–H and O–H groups in total. The Balaban J connectivity index is 1.68. The molecule has 1 aliphatic rings. The van der Waals surface area contributed by atoms with Crippen molar-refractivity contribution in [2.45, 2.75) is 33.1 Å². The fraction of sp³-hybridized carbons (Fsp3) is 0.692. The molecule has 5 heteroatoms. The summed E-state index contributed by atoms with van der Waals surface area (Å²) in [6.07, 6.45) is 2.77. The number of piperidine rings is 1. The highest BCUT2D eigenvalue weighted by atomic mass is 16.5. The van der Waals surface area contributed by atoms with Gasteiger partial charge in [0.1, 0.15) is 5.76 Å². The van der Waals surface area contributed by atoms with Gasteiger partial charge in [0.2, 0.25) is 5.91 Å². The van der Waals surface area contributed by atoms with Crippen LogP contribution in [0.5, 0.6) is 0 Å². The van der Waals surface area contributed by atoms with E-state index in [1.807, 2.05) is 17.9 Å². The van der Waals surface area contributed by atoms with Crippen molar-refractivity contribution >= 4 is 11.7 Å². The molecule has 0 radical (unpaired) electrons. The van der Waals surface area contributed by atoms with Crippen molar-refractivity contribution in [3.05, 3.63) is 11.8 Å². The molecular weight excluding hydrogens is 230 g/mol. The summed E-state index contributed by atoms with van der Waals surface area (Å²) in [5, 5.41) is 6.92. The highest BCUT2D eigenvalue weighted by Crippen LogP contribution is 2.16. The number of carbonyl (C=O) groups excluding carboxylic acids is 1. The van der Waals surface area contributed by atoms with Crippen LogP contribution in [-0.2, 0) is 4.79 Å². The Morgan fingerprint density at radius 3 is 2.89 bits per heavy atom. The van der Waals surface area contributed by atoms with Crippen molar-refractivity contribution in [1.82, 2.24) is 10.1 Å². The minimum Gasteiger partial charge on any atom is -0.367 e. The van der Waals surface area contributed by atoms with E-state index in [9.17, 15) is 4.79 Å². The Hall–Kier alpha value is -1.52. The van der Waals surface area contributed by atoms with Gasteiger partial charge in [-0.15, -0.1) is 0 Å². The van der Waals surface area contributed by atoms with Gasteiger partial charge in [-0.1, -0.05) is 12.1 Å². The molecule has 2 heterocycles. The van der Waals surface area contributed by atoms with Gasteiger partial charge in [-0.2, -0.15) is 0 Å². The summed E-state index contributed by atoms with van der Waals surface area (Å²) in [5.41, 5.74) is 0. The van der Waals surface area contributed by atoms with Crippen molar-refractivity contribution in [3.8, 4) is 0 Å². The van der Waals surface area contributed by atoms with E-state index in [0.717, 1.165) is 37.6 Å². The standard InChI is InChI=1S/C13H21N3O2/c1-10-4-7-16(8-5-10)13(17)3-6-14-12-9-11(2)18-15-12/h9-10H,3-8H2,1-2H3,(H,14,15). The van der Waals surface area contributed by atoms with Crippen LogP contribution in [0.4, 0.5) is 5.82 Å². The predicted molar refractivity (Wildman–Crippen MR) is 69.3 cm³/mol. The summed E-state index contributed by atoms with van der Waals surface area (Å²) < 4.78 is 4.94. The van der Waals surface area contributed by atoms with Crippen LogP contribution < -0.4 is 5.32 Å². The molecule has 5 nitrogen and oxygen atoms in total. The number of aryl methyl sites for hydroxylation is 1. The summed E-state index contributed by atoms with van der Waals surface area (Å²) in [6, 6.07) is 1.83. The zero-order chi connectivity index (χ0) is 13.0. The first-order valence-electron chi connectivity index (χ1n) is 6.60.